The predicted octanol–water partition coefficient (Wildman–Crippen LogP) is 3.03. The summed E-state index contributed by atoms with van der Waals surface area (Å²) >= 11 is 6.37. The number of hydrogen-bond donors (Lipinski definition) is 3. The molecule has 28 heavy (non-hydrogen) atoms. The van der Waals surface area contributed by atoms with Gasteiger partial charge in [0.25, 0.3) is 5.91 Å². The molecule has 1 heterocycles. The van der Waals surface area contributed by atoms with E-state index in [-0.39, 0.29) is 10.9 Å². The number of hydrogen-bond acceptors (Lipinski definition) is 4. The van der Waals surface area contributed by atoms with Crippen molar-refractivity contribution in [2.75, 3.05) is 5.43 Å². The van der Waals surface area contributed by atoms with Crippen molar-refractivity contribution in [2.24, 2.45) is 7.05 Å². The summed E-state index contributed by atoms with van der Waals surface area (Å²) < 4.78 is 28.7. The third kappa shape index (κ3) is 3.58. The van der Waals surface area contributed by atoms with Gasteiger partial charge in [-0.1, -0.05) is 29.8 Å². The maximum Gasteiger partial charge on any atom is 0.287 e. The van der Waals surface area contributed by atoms with Crippen LogP contribution in [0.2, 0.25) is 5.02 Å². The molecule has 0 unspecified atom stereocenters. The van der Waals surface area contributed by atoms with E-state index in [1.165, 1.54) is 12.1 Å². The Morgan fingerprint density at radius 3 is 2.43 bits per heavy atom. The molecule has 7 nitrogen and oxygen atoms in total. The summed E-state index contributed by atoms with van der Waals surface area (Å²) in [6, 6.07) is 13.7. The second kappa shape index (κ2) is 7.12. The lowest BCUT2D eigenvalue weighted by Gasteiger charge is -2.11. The highest BCUT2D eigenvalue weighted by Crippen LogP contribution is 2.29. The Hall–Kier alpha value is -2.55. The van der Waals surface area contributed by atoms with E-state index in [9.17, 15) is 13.2 Å². The van der Waals surface area contributed by atoms with Crippen LogP contribution in [0.25, 0.3) is 10.9 Å². The first-order valence-corrected chi connectivity index (χ1v) is 10.6. The topological polar surface area (TPSA) is 92.2 Å². The van der Waals surface area contributed by atoms with E-state index in [1.807, 2.05) is 24.3 Å². The number of aryl methyl sites for hydroxylation is 1. The second-order valence-corrected chi connectivity index (χ2v) is 8.83. The molecule has 1 aliphatic rings. The van der Waals surface area contributed by atoms with E-state index in [0.29, 0.717) is 16.4 Å². The van der Waals surface area contributed by atoms with Crippen molar-refractivity contribution in [2.45, 2.75) is 23.8 Å². The smallest absolute Gasteiger partial charge is 0.287 e. The maximum absolute atomic E-state index is 12.6. The molecule has 4 rings (SSSR count). The lowest BCUT2D eigenvalue weighted by atomic mass is 10.2. The molecule has 0 bridgehead atoms. The normalized spacial score (nSPS) is 14.2. The third-order valence-corrected chi connectivity index (χ3v) is 6.56. The van der Waals surface area contributed by atoms with Crippen molar-refractivity contribution in [3.05, 3.63) is 59.2 Å². The van der Waals surface area contributed by atoms with E-state index in [4.69, 9.17) is 11.6 Å². The van der Waals surface area contributed by atoms with Gasteiger partial charge >= 0.3 is 0 Å². The monoisotopic (exact) mass is 418 g/mol. The lowest BCUT2D eigenvalue weighted by Crippen LogP contribution is -2.31. The van der Waals surface area contributed by atoms with Crippen molar-refractivity contribution >= 4 is 44.1 Å². The van der Waals surface area contributed by atoms with Crippen LogP contribution < -0.4 is 15.6 Å². The molecule has 3 aromatic rings. The Balaban J connectivity index is 1.47. The summed E-state index contributed by atoms with van der Waals surface area (Å²) in [4.78, 5) is 12.8. The van der Waals surface area contributed by atoms with Crippen molar-refractivity contribution in [1.82, 2.24) is 14.7 Å². The molecule has 9 heteroatoms. The molecule has 1 aliphatic carbocycles. The number of carbonyl (C=O) groups is 1. The summed E-state index contributed by atoms with van der Waals surface area (Å²) in [6.45, 7) is 0. The molecule has 3 N–H and O–H groups in total. The first kappa shape index (κ1) is 18.8. The SMILES string of the molecule is Cn1c(C(=O)NNc2ccc(S(=O)(=O)NC3CC3)cc2)c(Cl)c2ccccc21. The lowest BCUT2D eigenvalue weighted by molar-refractivity contribution is 0.0955. The van der Waals surface area contributed by atoms with Gasteiger partial charge in [-0.2, -0.15) is 0 Å². The second-order valence-electron chi connectivity index (χ2n) is 6.74. The van der Waals surface area contributed by atoms with Crippen LogP contribution in [-0.4, -0.2) is 24.9 Å². The summed E-state index contributed by atoms with van der Waals surface area (Å²) in [5.41, 5.74) is 7.13. The van der Waals surface area contributed by atoms with Crippen molar-refractivity contribution in [3.63, 3.8) is 0 Å². The van der Waals surface area contributed by atoms with E-state index in [2.05, 4.69) is 15.6 Å². The fourth-order valence-electron chi connectivity index (χ4n) is 2.99. The number of nitrogens with zero attached hydrogens (tertiary/aromatic N) is 1. The number of hydrazine groups is 1. The fraction of sp³-hybridized carbons (Fsp3) is 0.211. The first-order chi connectivity index (χ1) is 13.4. The van der Waals surface area contributed by atoms with Crippen molar-refractivity contribution in [1.29, 1.82) is 0 Å². The fourth-order valence-corrected chi connectivity index (χ4v) is 4.67. The predicted molar refractivity (Wildman–Crippen MR) is 109 cm³/mol. The maximum atomic E-state index is 12.6. The summed E-state index contributed by atoms with van der Waals surface area (Å²) in [6.07, 6.45) is 1.75. The van der Waals surface area contributed by atoms with Crippen molar-refractivity contribution in [3.8, 4) is 0 Å². The number of anilines is 1. The first-order valence-electron chi connectivity index (χ1n) is 8.78. The van der Waals surface area contributed by atoms with Crippen LogP contribution in [0, 0.1) is 0 Å². The standard InChI is InChI=1S/C19H19ClN4O3S/c1-24-16-5-3-2-4-15(16)17(20)18(24)19(25)22-21-12-8-10-14(11-9-12)28(26,27)23-13-6-7-13/h2-5,8-11,13,21,23H,6-7H2,1H3,(H,22,25). The Morgan fingerprint density at radius 1 is 1.11 bits per heavy atom. The highest BCUT2D eigenvalue weighted by Gasteiger charge is 2.27. The number of sulfonamides is 1. The number of para-hydroxylation sites is 1. The van der Waals surface area contributed by atoms with Gasteiger partial charge in [0.2, 0.25) is 10.0 Å². The summed E-state index contributed by atoms with van der Waals surface area (Å²) in [5, 5.41) is 1.18. The third-order valence-electron chi connectivity index (χ3n) is 4.64. The van der Waals surface area contributed by atoms with Gasteiger partial charge < -0.3 is 4.57 Å². The van der Waals surface area contributed by atoms with E-state index in [0.717, 1.165) is 23.7 Å². The van der Waals surface area contributed by atoms with E-state index >= 15 is 0 Å². The van der Waals surface area contributed by atoms with Gasteiger partial charge in [0, 0.05) is 24.0 Å². The van der Waals surface area contributed by atoms with Crippen LogP contribution in [0.1, 0.15) is 23.3 Å². The summed E-state index contributed by atoms with van der Waals surface area (Å²) in [5.74, 6) is -0.393. The number of benzene rings is 2. The number of carbonyl (C=O) groups excluding carboxylic acids is 1. The molecule has 1 aromatic heterocycles. The molecular formula is C19H19ClN4O3S. The van der Waals surface area contributed by atoms with Gasteiger partial charge in [-0.15, -0.1) is 0 Å². The molecular weight excluding hydrogens is 400 g/mol. The zero-order chi connectivity index (χ0) is 19.9. The number of fused-ring (bicyclic) bond motifs is 1. The van der Waals surface area contributed by atoms with Gasteiger partial charge in [-0.05, 0) is 43.2 Å². The minimum Gasteiger partial charge on any atom is -0.338 e. The minimum atomic E-state index is -3.50. The van der Waals surface area contributed by atoms with Crippen LogP contribution >= 0.6 is 11.6 Å². The quantitative estimate of drug-likeness (QED) is 0.536. The van der Waals surface area contributed by atoms with Gasteiger partial charge in [-0.25, -0.2) is 13.1 Å². The molecule has 0 spiro atoms. The molecule has 1 saturated carbocycles. The van der Waals surface area contributed by atoms with Gasteiger partial charge in [0.05, 0.1) is 15.6 Å². The Kier molecular flexibility index (Phi) is 4.78. The van der Waals surface area contributed by atoms with Gasteiger partial charge in [0.15, 0.2) is 0 Å². The van der Waals surface area contributed by atoms with Gasteiger partial charge in [0.1, 0.15) is 5.69 Å². The molecule has 1 fully saturated rings. The van der Waals surface area contributed by atoms with E-state index in [1.54, 1.807) is 23.7 Å². The minimum absolute atomic E-state index is 0.0487. The van der Waals surface area contributed by atoms with Crippen LogP contribution in [0.15, 0.2) is 53.4 Å². The molecule has 1 amide bonds. The number of amides is 1. The van der Waals surface area contributed by atoms with Crippen LogP contribution in [0.4, 0.5) is 5.69 Å². The van der Waals surface area contributed by atoms with Crippen molar-refractivity contribution < 1.29 is 13.2 Å². The number of rotatable bonds is 6. The molecule has 146 valence electrons. The largest absolute Gasteiger partial charge is 0.338 e. The van der Waals surface area contributed by atoms with Crippen LogP contribution in [0.3, 0.4) is 0 Å². The molecule has 0 aliphatic heterocycles. The highest BCUT2D eigenvalue weighted by molar-refractivity contribution is 7.89. The molecule has 0 atom stereocenters. The Bertz CT molecular complexity index is 1110. The number of halogens is 1. The van der Waals surface area contributed by atoms with Gasteiger partial charge in [-0.3, -0.25) is 15.6 Å². The highest BCUT2D eigenvalue weighted by atomic mass is 35.5. The van der Waals surface area contributed by atoms with Crippen LogP contribution in [0.5, 0.6) is 0 Å². The zero-order valence-corrected chi connectivity index (χ0v) is 16.6. The Morgan fingerprint density at radius 2 is 1.79 bits per heavy atom. The zero-order valence-electron chi connectivity index (χ0n) is 15.1. The molecule has 2 aromatic carbocycles. The average Bonchev–Trinajstić information content (AvgIpc) is 3.45. The number of nitrogens with one attached hydrogen (secondary N) is 3. The van der Waals surface area contributed by atoms with Crippen LogP contribution in [-0.2, 0) is 17.1 Å². The Labute approximate surface area is 167 Å². The van der Waals surface area contributed by atoms with E-state index < -0.39 is 15.9 Å². The number of aromatic nitrogens is 1. The summed E-state index contributed by atoms with van der Waals surface area (Å²) in [7, 11) is -1.73. The molecule has 0 radical (unpaired) electrons. The average molecular weight is 419 g/mol. The molecule has 0 saturated heterocycles.